The van der Waals surface area contributed by atoms with Gasteiger partial charge in [0.05, 0.1) is 5.02 Å². The fraction of sp³-hybridized carbons (Fsp3) is 0.455. The molecule has 0 aliphatic carbocycles. The highest BCUT2D eigenvalue weighted by atomic mass is 35.5. The molecule has 15 heavy (non-hydrogen) atoms. The average Bonchev–Trinajstić information content (AvgIpc) is 2.12. The van der Waals surface area contributed by atoms with Crippen LogP contribution in [0.3, 0.4) is 0 Å². The Balaban J connectivity index is 3.09. The van der Waals surface area contributed by atoms with Crippen molar-refractivity contribution >= 4 is 11.6 Å². The number of aliphatic hydroxyl groups is 1. The number of alkyl halides is 2. The molecular weight excluding hydrogens is 222 g/mol. The predicted octanol–water partition coefficient (Wildman–Crippen LogP) is 3.38. The highest BCUT2D eigenvalue weighted by molar-refractivity contribution is 6.31. The Bertz CT molecular complexity index is 334. The number of aliphatic hydroxyl groups excluding tert-OH is 1. The van der Waals surface area contributed by atoms with Gasteiger partial charge in [-0.2, -0.15) is 0 Å². The Morgan fingerprint density at radius 1 is 1.40 bits per heavy atom. The third-order valence-electron chi connectivity index (χ3n) is 2.14. The van der Waals surface area contributed by atoms with Crippen molar-refractivity contribution in [2.45, 2.75) is 25.7 Å². The first-order valence-electron chi connectivity index (χ1n) is 4.73. The van der Waals surface area contributed by atoms with Crippen molar-refractivity contribution in [3.63, 3.8) is 0 Å². The van der Waals surface area contributed by atoms with Crippen molar-refractivity contribution in [2.24, 2.45) is 0 Å². The zero-order valence-corrected chi connectivity index (χ0v) is 9.19. The van der Waals surface area contributed by atoms with Gasteiger partial charge >= 0.3 is 0 Å². The fourth-order valence-corrected chi connectivity index (χ4v) is 1.90. The minimum Gasteiger partial charge on any atom is -0.396 e. The molecule has 0 aliphatic heterocycles. The minimum atomic E-state index is -2.94. The van der Waals surface area contributed by atoms with Crippen LogP contribution >= 0.6 is 11.6 Å². The van der Waals surface area contributed by atoms with Gasteiger partial charge in [0, 0.05) is 19.1 Å². The average molecular weight is 235 g/mol. The molecule has 1 N–H and O–H groups in total. The van der Waals surface area contributed by atoms with Crippen LogP contribution in [0.25, 0.3) is 0 Å². The molecule has 0 aromatic heterocycles. The van der Waals surface area contributed by atoms with Gasteiger partial charge in [0.2, 0.25) is 0 Å². The zero-order chi connectivity index (χ0) is 11.5. The van der Waals surface area contributed by atoms with Crippen molar-refractivity contribution in [2.75, 3.05) is 6.61 Å². The Morgan fingerprint density at radius 3 is 2.60 bits per heavy atom. The molecule has 0 radical (unpaired) electrons. The van der Waals surface area contributed by atoms with Crippen LogP contribution < -0.4 is 0 Å². The second-order valence-corrected chi connectivity index (χ2v) is 3.90. The normalized spacial score (nSPS) is 11.8. The van der Waals surface area contributed by atoms with Gasteiger partial charge in [-0.3, -0.25) is 0 Å². The summed E-state index contributed by atoms with van der Waals surface area (Å²) in [4.78, 5) is 0. The van der Waals surface area contributed by atoms with E-state index in [2.05, 4.69) is 0 Å². The van der Waals surface area contributed by atoms with E-state index in [1.807, 2.05) is 0 Å². The van der Waals surface area contributed by atoms with E-state index >= 15 is 0 Å². The lowest BCUT2D eigenvalue weighted by Crippen LogP contribution is -2.12. The van der Waals surface area contributed by atoms with E-state index in [1.54, 1.807) is 12.1 Å². The highest BCUT2D eigenvalue weighted by Gasteiger charge is 2.29. The molecule has 84 valence electrons. The van der Waals surface area contributed by atoms with Crippen molar-refractivity contribution in [1.29, 1.82) is 0 Å². The standard InChI is InChI=1S/C11H13ClF2O/c1-11(13,14)10-8(5-3-7-15)4-2-6-9(10)12/h2,4,6,15H,3,5,7H2,1H3. The van der Waals surface area contributed by atoms with E-state index in [-0.39, 0.29) is 17.2 Å². The summed E-state index contributed by atoms with van der Waals surface area (Å²) in [6.45, 7) is 0.817. The summed E-state index contributed by atoms with van der Waals surface area (Å²) in [7, 11) is 0. The van der Waals surface area contributed by atoms with Crippen LogP contribution in [0.15, 0.2) is 18.2 Å². The maximum atomic E-state index is 13.3. The third kappa shape index (κ3) is 3.14. The molecular formula is C11H13ClF2O. The molecule has 4 heteroatoms. The monoisotopic (exact) mass is 234 g/mol. The van der Waals surface area contributed by atoms with Crippen molar-refractivity contribution in [3.05, 3.63) is 34.3 Å². The predicted molar refractivity (Wildman–Crippen MR) is 56.4 cm³/mol. The van der Waals surface area contributed by atoms with Crippen LogP contribution in [0.2, 0.25) is 5.02 Å². The molecule has 1 aromatic carbocycles. The third-order valence-corrected chi connectivity index (χ3v) is 2.46. The van der Waals surface area contributed by atoms with Gasteiger partial charge < -0.3 is 5.11 Å². The molecule has 0 spiro atoms. The van der Waals surface area contributed by atoms with Gasteiger partial charge in [-0.15, -0.1) is 0 Å². The number of benzene rings is 1. The number of hydrogen-bond acceptors (Lipinski definition) is 1. The maximum absolute atomic E-state index is 13.3. The van der Waals surface area contributed by atoms with E-state index < -0.39 is 5.92 Å². The maximum Gasteiger partial charge on any atom is 0.272 e. The lowest BCUT2D eigenvalue weighted by molar-refractivity contribution is 0.0166. The lowest BCUT2D eigenvalue weighted by Gasteiger charge is -2.17. The zero-order valence-electron chi connectivity index (χ0n) is 8.43. The largest absolute Gasteiger partial charge is 0.396 e. The van der Waals surface area contributed by atoms with Gasteiger partial charge in [-0.1, -0.05) is 23.7 Å². The van der Waals surface area contributed by atoms with E-state index in [4.69, 9.17) is 16.7 Å². The van der Waals surface area contributed by atoms with Crippen LogP contribution in [0.4, 0.5) is 8.78 Å². The lowest BCUT2D eigenvalue weighted by atomic mass is 9.99. The number of rotatable bonds is 4. The molecule has 1 aromatic rings. The van der Waals surface area contributed by atoms with Gasteiger partial charge in [0.15, 0.2) is 0 Å². The van der Waals surface area contributed by atoms with Gasteiger partial charge in [-0.25, -0.2) is 8.78 Å². The minimum absolute atomic E-state index is 0.0127. The van der Waals surface area contributed by atoms with Gasteiger partial charge in [0.1, 0.15) is 0 Å². The highest BCUT2D eigenvalue weighted by Crippen LogP contribution is 2.35. The second kappa shape index (κ2) is 4.90. The molecule has 0 aliphatic rings. The Morgan fingerprint density at radius 2 is 2.07 bits per heavy atom. The second-order valence-electron chi connectivity index (χ2n) is 3.49. The van der Waals surface area contributed by atoms with E-state index in [0.29, 0.717) is 18.4 Å². The molecule has 0 amide bonds. The van der Waals surface area contributed by atoms with Crippen LogP contribution in [-0.2, 0) is 12.3 Å². The molecule has 0 bridgehead atoms. The molecule has 0 saturated heterocycles. The Kier molecular flexibility index (Phi) is 4.05. The van der Waals surface area contributed by atoms with Crippen molar-refractivity contribution in [3.8, 4) is 0 Å². The van der Waals surface area contributed by atoms with E-state index in [1.165, 1.54) is 6.07 Å². The molecule has 0 heterocycles. The molecule has 0 unspecified atom stereocenters. The topological polar surface area (TPSA) is 20.2 Å². The summed E-state index contributed by atoms with van der Waals surface area (Å²) in [5, 5.41) is 8.75. The SMILES string of the molecule is CC(F)(F)c1c(Cl)cccc1CCCO. The first-order valence-corrected chi connectivity index (χ1v) is 5.11. The number of aryl methyl sites for hydroxylation is 1. The van der Waals surface area contributed by atoms with Crippen LogP contribution in [0.5, 0.6) is 0 Å². The molecule has 1 nitrogen and oxygen atoms in total. The van der Waals surface area contributed by atoms with E-state index in [0.717, 1.165) is 6.92 Å². The van der Waals surface area contributed by atoms with Crippen molar-refractivity contribution < 1.29 is 13.9 Å². The first kappa shape index (κ1) is 12.4. The summed E-state index contributed by atoms with van der Waals surface area (Å²) in [5.41, 5.74) is 0.379. The smallest absolute Gasteiger partial charge is 0.272 e. The summed E-state index contributed by atoms with van der Waals surface area (Å²) in [6.07, 6.45) is 0.874. The van der Waals surface area contributed by atoms with Crippen LogP contribution in [-0.4, -0.2) is 11.7 Å². The summed E-state index contributed by atoms with van der Waals surface area (Å²) >= 11 is 5.75. The van der Waals surface area contributed by atoms with Crippen LogP contribution in [0.1, 0.15) is 24.5 Å². The number of halogens is 3. The Labute approximate surface area is 92.7 Å². The van der Waals surface area contributed by atoms with Gasteiger partial charge in [0.25, 0.3) is 5.92 Å². The fourth-order valence-electron chi connectivity index (χ4n) is 1.54. The molecule has 0 saturated carbocycles. The molecule has 1 rings (SSSR count). The summed E-state index contributed by atoms with van der Waals surface area (Å²) in [6, 6.07) is 4.72. The number of hydrogen-bond donors (Lipinski definition) is 1. The van der Waals surface area contributed by atoms with E-state index in [9.17, 15) is 8.78 Å². The van der Waals surface area contributed by atoms with Crippen molar-refractivity contribution in [1.82, 2.24) is 0 Å². The first-order chi connectivity index (χ1) is 6.96. The molecule has 0 fully saturated rings. The quantitative estimate of drug-likeness (QED) is 0.847. The summed E-state index contributed by atoms with van der Waals surface area (Å²) < 4.78 is 26.5. The van der Waals surface area contributed by atoms with Crippen LogP contribution in [0, 0.1) is 0 Å². The summed E-state index contributed by atoms with van der Waals surface area (Å²) in [5.74, 6) is -2.94. The van der Waals surface area contributed by atoms with Gasteiger partial charge in [-0.05, 0) is 24.5 Å². The Hall–Kier alpha value is -0.670. The molecule has 0 atom stereocenters.